The number of carbonyl (C=O) groups is 1. The topological polar surface area (TPSA) is 55.1 Å². The number of anilines is 2. The van der Waals surface area contributed by atoms with E-state index < -0.39 is 0 Å². The second-order valence-electron chi connectivity index (χ2n) is 6.10. The average molecular weight is 260 g/mol. The number of nitrogens with one attached hydrogen (secondary N) is 1. The Hall–Kier alpha value is -1.51. The zero-order valence-corrected chi connectivity index (χ0v) is 12.2. The van der Waals surface area contributed by atoms with E-state index in [-0.39, 0.29) is 11.3 Å². The highest BCUT2D eigenvalue weighted by Gasteiger charge is 2.34. The molecule has 3 nitrogen and oxygen atoms in total. The van der Waals surface area contributed by atoms with Gasteiger partial charge in [0.25, 0.3) is 0 Å². The van der Waals surface area contributed by atoms with Crippen molar-refractivity contribution in [3.05, 3.63) is 23.3 Å². The lowest BCUT2D eigenvalue weighted by Gasteiger charge is -2.32. The summed E-state index contributed by atoms with van der Waals surface area (Å²) in [4.78, 5) is 12.5. The van der Waals surface area contributed by atoms with E-state index >= 15 is 0 Å². The first-order valence-corrected chi connectivity index (χ1v) is 7.10. The highest BCUT2D eigenvalue weighted by molar-refractivity contribution is 5.96. The number of hydrogen-bond donors (Lipinski definition) is 2. The van der Waals surface area contributed by atoms with Gasteiger partial charge in [0.15, 0.2) is 0 Å². The van der Waals surface area contributed by atoms with Gasteiger partial charge in [-0.1, -0.05) is 32.3 Å². The maximum atomic E-state index is 12.5. The molecule has 2 rings (SSSR count). The second kappa shape index (κ2) is 5.24. The fraction of sp³-hybridized carbons (Fsp3) is 0.562. The number of nitrogen functional groups attached to an aromatic ring is 1. The monoisotopic (exact) mass is 260 g/mol. The van der Waals surface area contributed by atoms with Gasteiger partial charge in [0.1, 0.15) is 0 Å². The van der Waals surface area contributed by atoms with Crippen LogP contribution in [0.1, 0.15) is 50.2 Å². The molecule has 1 amide bonds. The quantitative estimate of drug-likeness (QED) is 0.795. The Kier molecular flexibility index (Phi) is 3.83. The molecule has 0 aliphatic heterocycles. The van der Waals surface area contributed by atoms with Crippen LogP contribution in [-0.4, -0.2) is 5.91 Å². The standard InChI is InChI=1S/C16H24N2O/c1-11-9-12(2)14(10-13(11)17)18-15(19)16(3)7-5-4-6-8-16/h9-10H,4-8,17H2,1-3H3,(H,18,19). The Balaban J connectivity index is 2.16. The molecule has 3 N–H and O–H groups in total. The lowest BCUT2D eigenvalue weighted by Crippen LogP contribution is -2.35. The van der Waals surface area contributed by atoms with Crippen LogP contribution in [0.3, 0.4) is 0 Å². The number of carbonyl (C=O) groups excluding carboxylic acids is 1. The van der Waals surface area contributed by atoms with Crippen LogP contribution in [0.2, 0.25) is 0 Å². The van der Waals surface area contributed by atoms with Gasteiger partial charge in [-0.3, -0.25) is 4.79 Å². The van der Waals surface area contributed by atoms with Crippen LogP contribution in [-0.2, 0) is 4.79 Å². The van der Waals surface area contributed by atoms with E-state index in [9.17, 15) is 4.79 Å². The molecule has 1 fully saturated rings. The SMILES string of the molecule is Cc1cc(C)c(NC(=O)C2(C)CCCCC2)cc1N. The summed E-state index contributed by atoms with van der Waals surface area (Å²) in [5.74, 6) is 0.138. The first kappa shape index (κ1) is 13.9. The Morgan fingerprint density at radius 3 is 2.42 bits per heavy atom. The number of benzene rings is 1. The van der Waals surface area contributed by atoms with Gasteiger partial charge in [-0.05, 0) is 43.9 Å². The van der Waals surface area contributed by atoms with Gasteiger partial charge in [-0.25, -0.2) is 0 Å². The molecular weight excluding hydrogens is 236 g/mol. The summed E-state index contributed by atoms with van der Waals surface area (Å²) in [5, 5.41) is 3.07. The van der Waals surface area contributed by atoms with Crippen LogP contribution in [0.5, 0.6) is 0 Å². The van der Waals surface area contributed by atoms with Crippen molar-refractivity contribution in [2.45, 2.75) is 52.9 Å². The van der Waals surface area contributed by atoms with Crippen LogP contribution < -0.4 is 11.1 Å². The van der Waals surface area contributed by atoms with E-state index in [2.05, 4.69) is 12.2 Å². The first-order valence-electron chi connectivity index (χ1n) is 7.10. The Morgan fingerprint density at radius 2 is 1.79 bits per heavy atom. The van der Waals surface area contributed by atoms with Crippen molar-refractivity contribution >= 4 is 17.3 Å². The molecule has 0 aromatic heterocycles. The molecule has 19 heavy (non-hydrogen) atoms. The summed E-state index contributed by atoms with van der Waals surface area (Å²) >= 11 is 0. The van der Waals surface area contributed by atoms with Gasteiger partial charge in [-0.2, -0.15) is 0 Å². The minimum absolute atomic E-state index is 0.138. The van der Waals surface area contributed by atoms with E-state index in [1.807, 2.05) is 26.0 Å². The van der Waals surface area contributed by atoms with Gasteiger partial charge in [0.05, 0.1) is 0 Å². The molecule has 1 aliphatic carbocycles. The highest BCUT2D eigenvalue weighted by atomic mass is 16.2. The summed E-state index contributed by atoms with van der Waals surface area (Å²) in [5.41, 5.74) is 9.41. The Bertz CT molecular complexity index is 488. The van der Waals surface area contributed by atoms with E-state index in [1.54, 1.807) is 0 Å². The largest absolute Gasteiger partial charge is 0.398 e. The Morgan fingerprint density at radius 1 is 1.16 bits per heavy atom. The molecule has 0 spiro atoms. The normalized spacial score (nSPS) is 18.1. The molecule has 0 heterocycles. The summed E-state index contributed by atoms with van der Waals surface area (Å²) in [7, 11) is 0. The van der Waals surface area contributed by atoms with E-state index in [1.165, 1.54) is 6.42 Å². The van der Waals surface area contributed by atoms with E-state index in [0.29, 0.717) is 0 Å². The fourth-order valence-electron chi connectivity index (χ4n) is 2.84. The van der Waals surface area contributed by atoms with Crippen molar-refractivity contribution < 1.29 is 4.79 Å². The van der Waals surface area contributed by atoms with Crippen molar-refractivity contribution in [2.24, 2.45) is 5.41 Å². The third-order valence-electron chi connectivity index (χ3n) is 4.37. The van der Waals surface area contributed by atoms with Crippen LogP contribution in [0.25, 0.3) is 0 Å². The van der Waals surface area contributed by atoms with Gasteiger partial charge in [0, 0.05) is 16.8 Å². The molecule has 3 heteroatoms. The van der Waals surface area contributed by atoms with Crippen molar-refractivity contribution in [1.82, 2.24) is 0 Å². The van der Waals surface area contributed by atoms with Crippen molar-refractivity contribution in [3.63, 3.8) is 0 Å². The van der Waals surface area contributed by atoms with Gasteiger partial charge in [0.2, 0.25) is 5.91 Å². The zero-order valence-electron chi connectivity index (χ0n) is 12.2. The van der Waals surface area contributed by atoms with E-state index in [0.717, 1.165) is 48.2 Å². The molecule has 0 unspecified atom stereocenters. The number of rotatable bonds is 2. The van der Waals surface area contributed by atoms with Crippen LogP contribution in [0, 0.1) is 19.3 Å². The first-order chi connectivity index (χ1) is 8.92. The minimum atomic E-state index is -0.218. The molecule has 1 aliphatic rings. The molecule has 0 atom stereocenters. The minimum Gasteiger partial charge on any atom is -0.398 e. The number of aryl methyl sites for hydroxylation is 2. The molecule has 0 saturated heterocycles. The molecule has 1 aromatic rings. The van der Waals surface area contributed by atoms with Crippen molar-refractivity contribution in [2.75, 3.05) is 11.1 Å². The van der Waals surface area contributed by atoms with Crippen LogP contribution in [0.4, 0.5) is 11.4 Å². The molecular formula is C16H24N2O. The number of nitrogens with two attached hydrogens (primary N) is 1. The third kappa shape index (κ3) is 2.91. The van der Waals surface area contributed by atoms with Gasteiger partial charge in [-0.15, -0.1) is 0 Å². The Labute approximate surface area is 115 Å². The van der Waals surface area contributed by atoms with Gasteiger partial charge >= 0.3 is 0 Å². The van der Waals surface area contributed by atoms with Crippen molar-refractivity contribution in [1.29, 1.82) is 0 Å². The maximum Gasteiger partial charge on any atom is 0.230 e. The molecule has 0 radical (unpaired) electrons. The molecule has 1 aromatic carbocycles. The van der Waals surface area contributed by atoms with Crippen LogP contribution in [0.15, 0.2) is 12.1 Å². The highest BCUT2D eigenvalue weighted by Crippen LogP contribution is 2.37. The van der Waals surface area contributed by atoms with Crippen LogP contribution >= 0.6 is 0 Å². The summed E-state index contributed by atoms with van der Waals surface area (Å²) < 4.78 is 0. The third-order valence-corrected chi connectivity index (χ3v) is 4.37. The lowest BCUT2D eigenvalue weighted by molar-refractivity contribution is -0.126. The van der Waals surface area contributed by atoms with E-state index in [4.69, 9.17) is 5.73 Å². The number of hydrogen-bond acceptors (Lipinski definition) is 2. The molecule has 0 bridgehead atoms. The smallest absolute Gasteiger partial charge is 0.230 e. The summed E-state index contributed by atoms with van der Waals surface area (Å²) in [6.07, 6.45) is 5.52. The summed E-state index contributed by atoms with van der Waals surface area (Å²) in [6, 6.07) is 3.89. The predicted molar refractivity (Wildman–Crippen MR) is 80.2 cm³/mol. The van der Waals surface area contributed by atoms with Gasteiger partial charge < -0.3 is 11.1 Å². The lowest BCUT2D eigenvalue weighted by atomic mass is 9.75. The fourth-order valence-corrected chi connectivity index (χ4v) is 2.84. The second-order valence-corrected chi connectivity index (χ2v) is 6.10. The maximum absolute atomic E-state index is 12.5. The predicted octanol–water partition coefficient (Wildman–Crippen LogP) is 3.79. The average Bonchev–Trinajstić information content (AvgIpc) is 2.36. The molecule has 1 saturated carbocycles. The number of amides is 1. The van der Waals surface area contributed by atoms with Crippen molar-refractivity contribution in [3.8, 4) is 0 Å². The summed E-state index contributed by atoms with van der Waals surface area (Å²) in [6.45, 7) is 6.07. The zero-order chi connectivity index (χ0) is 14.0. The molecule has 104 valence electrons.